The number of rotatable bonds is 2. The highest BCUT2D eigenvalue weighted by atomic mass is 16.6. The van der Waals surface area contributed by atoms with Gasteiger partial charge in [-0.2, -0.15) is 0 Å². The molecule has 3 aromatic rings. The summed E-state index contributed by atoms with van der Waals surface area (Å²) in [6, 6.07) is 16.0. The van der Waals surface area contributed by atoms with E-state index in [1.54, 1.807) is 18.2 Å². The molecule has 0 aliphatic carbocycles. The van der Waals surface area contributed by atoms with Gasteiger partial charge in [0, 0.05) is 0 Å². The molecule has 148 valence electrons. The van der Waals surface area contributed by atoms with Gasteiger partial charge in [-0.05, 0) is 80.3 Å². The summed E-state index contributed by atoms with van der Waals surface area (Å²) in [5.74, 6) is 0.376. The van der Waals surface area contributed by atoms with Crippen molar-refractivity contribution in [2.75, 3.05) is 0 Å². The number of carbonyl (C=O) groups excluding carboxylic acids is 2. The summed E-state index contributed by atoms with van der Waals surface area (Å²) in [5, 5.41) is 9.10. The molecule has 0 fully saturated rings. The van der Waals surface area contributed by atoms with E-state index in [-0.39, 0.29) is 11.1 Å². The summed E-state index contributed by atoms with van der Waals surface area (Å²) in [7, 11) is 0. The summed E-state index contributed by atoms with van der Waals surface area (Å²) in [6.07, 6.45) is 0. The lowest BCUT2D eigenvalue weighted by Crippen LogP contribution is -1.97. The van der Waals surface area contributed by atoms with Crippen LogP contribution in [0, 0.1) is 27.7 Å². The van der Waals surface area contributed by atoms with Crippen LogP contribution in [0.2, 0.25) is 0 Å². The van der Waals surface area contributed by atoms with Crippen LogP contribution in [0.4, 0.5) is 0 Å². The Morgan fingerprint density at radius 3 is 2.03 bits per heavy atom. The van der Waals surface area contributed by atoms with Gasteiger partial charge in [-0.15, -0.1) is 0 Å². The Kier molecular flexibility index (Phi) is 5.69. The molecule has 1 heterocycles. The zero-order valence-corrected chi connectivity index (χ0v) is 16.8. The van der Waals surface area contributed by atoms with Crippen LogP contribution in [0.1, 0.15) is 43.0 Å². The molecule has 1 aliphatic rings. The maximum Gasteiger partial charge on any atom is 0.347 e. The average Bonchev–Trinajstić information content (AvgIpc) is 2.97. The highest BCUT2D eigenvalue weighted by molar-refractivity contribution is 6.14. The third kappa shape index (κ3) is 4.29. The number of hydrogen-bond donors (Lipinski definition) is 1. The molecule has 0 unspecified atom stereocenters. The molecule has 4 rings (SSSR count). The number of aryl methyl sites for hydroxylation is 2. The van der Waals surface area contributed by atoms with E-state index in [1.165, 1.54) is 6.07 Å². The molecule has 29 heavy (non-hydrogen) atoms. The smallest absolute Gasteiger partial charge is 0.347 e. The van der Waals surface area contributed by atoms with Crippen LogP contribution in [0.15, 0.2) is 54.6 Å². The standard InChI is InChI=1S/C16H12O4.C8H10O/c1-9-4-3-5-14(10(9)2)19-11-6-7-12-13(8-11)16(18)20-15(12)17;1-6-4-3-5-8(9)7(6)2/h3-8H,1-2H3;3-5,9H,1-2H3. The lowest BCUT2D eigenvalue weighted by Gasteiger charge is -2.10. The molecule has 0 saturated carbocycles. The van der Waals surface area contributed by atoms with E-state index in [0.717, 1.165) is 28.0 Å². The Hall–Kier alpha value is -3.60. The predicted octanol–water partition coefficient (Wildman–Crippen LogP) is 5.42. The number of phenolic OH excluding ortho intramolecular Hbond substituents is 1. The van der Waals surface area contributed by atoms with E-state index in [1.807, 2.05) is 58.0 Å². The Balaban J connectivity index is 0.000000224. The van der Waals surface area contributed by atoms with Gasteiger partial charge in [0.2, 0.25) is 0 Å². The number of benzene rings is 3. The number of esters is 2. The van der Waals surface area contributed by atoms with Gasteiger partial charge in [0.05, 0.1) is 11.1 Å². The second kappa shape index (κ2) is 8.19. The summed E-state index contributed by atoms with van der Waals surface area (Å²) in [4.78, 5) is 22.9. The highest BCUT2D eigenvalue weighted by Gasteiger charge is 2.29. The van der Waals surface area contributed by atoms with Crippen molar-refractivity contribution in [3.63, 3.8) is 0 Å². The average molecular weight is 390 g/mol. The van der Waals surface area contributed by atoms with Crippen molar-refractivity contribution in [2.45, 2.75) is 27.7 Å². The summed E-state index contributed by atoms with van der Waals surface area (Å²) >= 11 is 0. The second-order valence-electron chi connectivity index (χ2n) is 6.90. The van der Waals surface area contributed by atoms with Crippen LogP contribution in [-0.2, 0) is 4.74 Å². The van der Waals surface area contributed by atoms with Crippen LogP contribution in [0.25, 0.3) is 0 Å². The van der Waals surface area contributed by atoms with Gasteiger partial charge in [0.1, 0.15) is 17.2 Å². The minimum atomic E-state index is -0.628. The quantitative estimate of drug-likeness (QED) is 0.467. The largest absolute Gasteiger partial charge is 0.508 e. The van der Waals surface area contributed by atoms with Crippen LogP contribution in [0.3, 0.4) is 0 Å². The van der Waals surface area contributed by atoms with Crippen LogP contribution in [0.5, 0.6) is 17.2 Å². The maximum absolute atomic E-state index is 11.5. The molecule has 0 amide bonds. The number of aromatic hydroxyl groups is 1. The normalized spacial score (nSPS) is 12.0. The number of phenols is 1. The van der Waals surface area contributed by atoms with Gasteiger partial charge in [-0.3, -0.25) is 0 Å². The van der Waals surface area contributed by atoms with Crippen LogP contribution < -0.4 is 4.74 Å². The van der Waals surface area contributed by atoms with Gasteiger partial charge in [0.25, 0.3) is 0 Å². The van der Waals surface area contributed by atoms with E-state index in [4.69, 9.17) is 9.84 Å². The zero-order valence-electron chi connectivity index (χ0n) is 16.8. The first-order valence-electron chi connectivity index (χ1n) is 9.17. The molecule has 0 bridgehead atoms. The number of carbonyl (C=O) groups is 2. The Bertz CT molecular complexity index is 1080. The fourth-order valence-corrected chi connectivity index (χ4v) is 2.83. The van der Waals surface area contributed by atoms with Crippen molar-refractivity contribution in [1.29, 1.82) is 0 Å². The van der Waals surface area contributed by atoms with Gasteiger partial charge in [0.15, 0.2) is 0 Å². The van der Waals surface area contributed by atoms with Crippen LogP contribution >= 0.6 is 0 Å². The van der Waals surface area contributed by atoms with Crippen molar-refractivity contribution in [1.82, 2.24) is 0 Å². The minimum Gasteiger partial charge on any atom is -0.508 e. The fourth-order valence-electron chi connectivity index (χ4n) is 2.83. The van der Waals surface area contributed by atoms with Gasteiger partial charge >= 0.3 is 11.9 Å². The number of hydrogen-bond acceptors (Lipinski definition) is 5. The molecule has 5 nitrogen and oxygen atoms in total. The molecule has 1 aliphatic heterocycles. The van der Waals surface area contributed by atoms with E-state index >= 15 is 0 Å². The summed E-state index contributed by atoms with van der Waals surface area (Å²) in [6.45, 7) is 7.86. The van der Waals surface area contributed by atoms with Gasteiger partial charge in [-0.25, -0.2) is 9.59 Å². The minimum absolute atomic E-state index is 0.248. The molecule has 0 saturated heterocycles. The molecule has 5 heteroatoms. The molecular formula is C24H22O5. The number of cyclic esters (lactones) is 2. The first-order valence-corrected chi connectivity index (χ1v) is 9.17. The first kappa shape index (κ1) is 20.1. The number of fused-ring (bicyclic) bond motifs is 1. The van der Waals surface area contributed by atoms with Crippen LogP contribution in [-0.4, -0.2) is 17.0 Å². The first-order chi connectivity index (χ1) is 13.8. The Labute approximate surface area is 169 Å². The van der Waals surface area contributed by atoms with E-state index in [2.05, 4.69) is 4.74 Å². The van der Waals surface area contributed by atoms with Crippen molar-refractivity contribution in [3.8, 4) is 17.2 Å². The maximum atomic E-state index is 11.5. The third-order valence-corrected chi connectivity index (χ3v) is 4.98. The molecule has 0 radical (unpaired) electrons. The second-order valence-corrected chi connectivity index (χ2v) is 6.90. The Morgan fingerprint density at radius 1 is 0.759 bits per heavy atom. The molecule has 0 aromatic heterocycles. The fraction of sp³-hybridized carbons (Fsp3) is 0.167. The third-order valence-electron chi connectivity index (χ3n) is 4.98. The molecule has 0 spiro atoms. The summed E-state index contributed by atoms with van der Waals surface area (Å²) < 4.78 is 10.3. The lowest BCUT2D eigenvalue weighted by atomic mass is 10.1. The van der Waals surface area contributed by atoms with Crippen molar-refractivity contribution in [3.05, 3.63) is 88.0 Å². The lowest BCUT2D eigenvalue weighted by molar-refractivity contribution is 0.0443. The zero-order chi connectivity index (χ0) is 21.1. The summed E-state index contributed by atoms with van der Waals surface area (Å²) in [5.41, 5.74) is 4.79. The molecule has 0 atom stereocenters. The van der Waals surface area contributed by atoms with E-state index < -0.39 is 11.9 Å². The molecule has 3 aromatic carbocycles. The van der Waals surface area contributed by atoms with E-state index in [9.17, 15) is 9.59 Å². The molecule has 1 N–H and O–H groups in total. The van der Waals surface area contributed by atoms with Crippen molar-refractivity contribution in [2.24, 2.45) is 0 Å². The predicted molar refractivity (Wildman–Crippen MR) is 110 cm³/mol. The van der Waals surface area contributed by atoms with Crippen molar-refractivity contribution < 1.29 is 24.2 Å². The topological polar surface area (TPSA) is 72.8 Å². The van der Waals surface area contributed by atoms with Gasteiger partial charge < -0.3 is 14.6 Å². The molecular weight excluding hydrogens is 368 g/mol. The monoisotopic (exact) mass is 390 g/mol. The van der Waals surface area contributed by atoms with E-state index in [0.29, 0.717) is 11.5 Å². The van der Waals surface area contributed by atoms with Gasteiger partial charge in [-0.1, -0.05) is 24.3 Å². The van der Waals surface area contributed by atoms with Crippen molar-refractivity contribution >= 4 is 11.9 Å². The number of ether oxygens (including phenoxy) is 2. The Morgan fingerprint density at radius 2 is 1.38 bits per heavy atom. The highest BCUT2D eigenvalue weighted by Crippen LogP contribution is 2.30. The SMILES string of the molecule is Cc1cccc(O)c1C.Cc1cccc(Oc2ccc3c(c2)C(=O)OC3=O)c1C.